The number of rotatable bonds is 10. The standard InChI is InChI=1S/C21H29N5OSSi/c1-5-6-16(7-9-22)21-23-13-18(28-21)19-17-8-10-26(20(17)25-14-24-19)15-27-11-12-29(2,3)4/h8,10,13-14,16H,5-7,11-12,15H2,1-4H3. The highest BCUT2D eigenvalue weighted by atomic mass is 32.1. The van der Waals surface area contributed by atoms with Crippen molar-refractivity contribution < 1.29 is 4.74 Å². The topological polar surface area (TPSA) is 76.6 Å². The summed E-state index contributed by atoms with van der Waals surface area (Å²) < 4.78 is 7.92. The number of hydrogen-bond acceptors (Lipinski definition) is 6. The molecule has 8 heteroatoms. The number of aromatic nitrogens is 4. The Morgan fingerprint density at radius 1 is 1.28 bits per heavy atom. The quantitative estimate of drug-likeness (QED) is 0.308. The van der Waals surface area contributed by atoms with Crippen LogP contribution in [0.3, 0.4) is 0 Å². The monoisotopic (exact) mass is 427 g/mol. The van der Waals surface area contributed by atoms with E-state index in [-0.39, 0.29) is 5.92 Å². The Kier molecular flexibility index (Phi) is 7.17. The maximum atomic E-state index is 9.12. The Bertz CT molecular complexity index is 985. The van der Waals surface area contributed by atoms with E-state index in [0.29, 0.717) is 13.2 Å². The molecule has 0 aliphatic heterocycles. The molecule has 0 N–H and O–H groups in total. The van der Waals surface area contributed by atoms with Crippen LogP contribution in [-0.4, -0.2) is 34.2 Å². The normalized spacial score (nSPS) is 12.9. The lowest BCUT2D eigenvalue weighted by Crippen LogP contribution is -2.22. The van der Waals surface area contributed by atoms with E-state index < -0.39 is 8.07 Å². The van der Waals surface area contributed by atoms with Crippen molar-refractivity contribution in [3.05, 3.63) is 29.8 Å². The molecule has 29 heavy (non-hydrogen) atoms. The van der Waals surface area contributed by atoms with E-state index in [9.17, 15) is 0 Å². The van der Waals surface area contributed by atoms with Gasteiger partial charge in [-0.3, -0.25) is 0 Å². The van der Waals surface area contributed by atoms with Crippen LogP contribution in [0.4, 0.5) is 0 Å². The summed E-state index contributed by atoms with van der Waals surface area (Å²) >= 11 is 1.63. The summed E-state index contributed by atoms with van der Waals surface area (Å²) in [6.45, 7) is 10.5. The van der Waals surface area contributed by atoms with Crippen LogP contribution in [0.15, 0.2) is 24.8 Å². The van der Waals surface area contributed by atoms with Crippen LogP contribution in [0, 0.1) is 11.3 Å². The number of fused-ring (bicyclic) bond motifs is 1. The summed E-state index contributed by atoms with van der Waals surface area (Å²) in [7, 11) is -1.09. The van der Waals surface area contributed by atoms with Gasteiger partial charge in [0.2, 0.25) is 0 Å². The Labute approximate surface area is 177 Å². The zero-order valence-corrected chi connectivity index (χ0v) is 19.5. The number of hydrogen-bond donors (Lipinski definition) is 0. The largest absolute Gasteiger partial charge is 0.361 e. The molecule has 0 bridgehead atoms. The van der Waals surface area contributed by atoms with Gasteiger partial charge in [-0.05, 0) is 18.5 Å². The lowest BCUT2D eigenvalue weighted by atomic mass is 10.0. The van der Waals surface area contributed by atoms with Crippen LogP contribution >= 0.6 is 11.3 Å². The molecule has 0 saturated heterocycles. The van der Waals surface area contributed by atoms with E-state index in [1.54, 1.807) is 17.7 Å². The number of ether oxygens (including phenoxy) is 1. The molecule has 3 aromatic heterocycles. The van der Waals surface area contributed by atoms with Crippen LogP contribution in [0.1, 0.15) is 37.1 Å². The van der Waals surface area contributed by atoms with Gasteiger partial charge in [0.05, 0.1) is 21.6 Å². The molecule has 0 saturated carbocycles. The molecule has 1 unspecified atom stereocenters. The van der Waals surface area contributed by atoms with Crippen LogP contribution in [0.2, 0.25) is 25.7 Å². The Morgan fingerprint density at radius 2 is 2.10 bits per heavy atom. The second kappa shape index (κ2) is 9.61. The highest BCUT2D eigenvalue weighted by Crippen LogP contribution is 2.35. The average molecular weight is 428 g/mol. The average Bonchev–Trinajstić information content (AvgIpc) is 3.32. The molecule has 6 nitrogen and oxygen atoms in total. The van der Waals surface area contributed by atoms with Crippen LogP contribution in [0.25, 0.3) is 21.6 Å². The molecule has 0 aliphatic rings. The van der Waals surface area contributed by atoms with E-state index in [1.165, 1.54) is 0 Å². The van der Waals surface area contributed by atoms with Gasteiger partial charge < -0.3 is 9.30 Å². The Hall–Kier alpha value is -2.08. The van der Waals surface area contributed by atoms with Gasteiger partial charge in [-0.25, -0.2) is 15.0 Å². The van der Waals surface area contributed by atoms with Gasteiger partial charge >= 0.3 is 0 Å². The summed E-state index contributed by atoms with van der Waals surface area (Å²) in [5, 5.41) is 11.1. The van der Waals surface area contributed by atoms with E-state index in [4.69, 9.17) is 10.00 Å². The number of nitriles is 1. The first-order valence-electron chi connectivity index (χ1n) is 10.1. The molecule has 0 aromatic carbocycles. The lowest BCUT2D eigenvalue weighted by Gasteiger charge is -2.15. The van der Waals surface area contributed by atoms with Crippen molar-refractivity contribution in [3.8, 4) is 16.6 Å². The molecule has 0 spiro atoms. The SMILES string of the molecule is CCCC(CC#N)c1ncc(-c2ncnc3c2ccn3COCC[Si](C)(C)C)s1. The molecule has 3 aromatic rings. The van der Waals surface area contributed by atoms with Gasteiger partial charge in [0.25, 0.3) is 0 Å². The third-order valence-electron chi connectivity index (χ3n) is 4.86. The second-order valence-corrected chi connectivity index (χ2v) is 15.2. The molecule has 0 fully saturated rings. The van der Waals surface area contributed by atoms with Crippen molar-refractivity contribution in [2.75, 3.05) is 6.61 Å². The van der Waals surface area contributed by atoms with E-state index in [2.05, 4.69) is 47.6 Å². The van der Waals surface area contributed by atoms with E-state index in [0.717, 1.165) is 52.1 Å². The number of thiazole rings is 1. The second-order valence-electron chi connectivity index (χ2n) is 8.50. The predicted octanol–water partition coefficient (Wildman–Crippen LogP) is 5.66. The van der Waals surface area contributed by atoms with Gasteiger partial charge in [-0.15, -0.1) is 11.3 Å². The minimum atomic E-state index is -1.09. The van der Waals surface area contributed by atoms with Crippen LogP contribution in [0.5, 0.6) is 0 Å². The molecule has 3 rings (SSSR count). The third kappa shape index (κ3) is 5.50. The van der Waals surface area contributed by atoms with Crippen molar-refractivity contribution >= 4 is 30.4 Å². The van der Waals surface area contributed by atoms with E-state index in [1.807, 2.05) is 23.0 Å². The maximum Gasteiger partial charge on any atom is 0.145 e. The zero-order valence-electron chi connectivity index (χ0n) is 17.7. The molecule has 0 amide bonds. The van der Waals surface area contributed by atoms with Crippen LogP contribution < -0.4 is 0 Å². The van der Waals surface area contributed by atoms with Gasteiger partial charge in [0.15, 0.2) is 0 Å². The summed E-state index contributed by atoms with van der Waals surface area (Å²) in [5.41, 5.74) is 1.77. The highest BCUT2D eigenvalue weighted by Gasteiger charge is 2.18. The summed E-state index contributed by atoms with van der Waals surface area (Å²) in [5.74, 6) is 0.199. The van der Waals surface area contributed by atoms with Crippen molar-refractivity contribution in [2.24, 2.45) is 0 Å². The molecule has 3 heterocycles. The Balaban J connectivity index is 1.79. The molecule has 0 aliphatic carbocycles. The highest BCUT2D eigenvalue weighted by molar-refractivity contribution is 7.15. The van der Waals surface area contributed by atoms with Crippen molar-refractivity contribution in [3.63, 3.8) is 0 Å². The first-order valence-corrected chi connectivity index (χ1v) is 14.7. The van der Waals surface area contributed by atoms with Gasteiger partial charge in [-0.2, -0.15) is 5.26 Å². The molecular weight excluding hydrogens is 398 g/mol. The summed E-state index contributed by atoms with van der Waals surface area (Å²) in [6, 6.07) is 5.49. The van der Waals surface area contributed by atoms with Gasteiger partial charge in [0, 0.05) is 44.8 Å². The van der Waals surface area contributed by atoms with Crippen LogP contribution in [-0.2, 0) is 11.5 Å². The minimum Gasteiger partial charge on any atom is -0.361 e. The number of nitrogens with zero attached hydrogens (tertiary/aromatic N) is 5. The van der Waals surface area contributed by atoms with Gasteiger partial charge in [-0.1, -0.05) is 33.0 Å². The van der Waals surface area contributed by atoms with Gasteiger partial charge in [0.1, 0.15) is 18.7 Å². The molecule has 1 atom stereocenters. The first kappa shape index (κ1) is 21.6. The summed E-state index contributed by atoms with van der Waals surface area (Å²) in [4.78, 5) is 14.6. The Morgan fingerprint density at radius 3 is 2.83 bits per heavy atom. The van der Waals surface area contributed by atoms with Crippen molar-refractivity contribution in [1.82, 2.24) is 19.5 Å². The fourth-order valence-electron chi connectivity index (χ4n) is 3.20. The fourth-order valence-corrected chi connectivity index (χ4v) is 5.02. The third-order valence-corrected chi connectivity index (χ3v) is 7.73. The van der Waals surface area contributed by atoms with Crippen molar-refractivity contribution in [1.29, 1.82) is 5.26 Å². The van der Waals surface area contributed by atoms with E-state index >= 15 is 0 Å². The maximum absolute atomic E-state index is 9.12. The molecule has 0 radical (unpaired) electrons. The summed E-state index contributed by atoms with van der Waals surface area (Å²) in [6.07, 6.45) is 8.02. The first-order chi connectivity index (χ1) is 13.9. The smallest absolute Gasteiger partial charge is 0.145 e. The minimum absolute atomic E-state index is 0.199. The molecule has 154 valence electrons. The predicted molar refractivity (Wildman–Crippen MR) is 121 cm³/mol. The lowest BCUT2D eigenvalue weighted by molar-refractivity contribution is 0.0899. The zero-order chi connectivity index (χ0) is 20.9. The fraction of sp³-hybridized carbons (Fsp3) is 0.524. The molecular formula is C21H29N5OSSi. The van der Waals surface area contributed by atoms with Crippen molar-refractivity contribution in [2.45, 2.75) is 64.5 Å².